The van der Waals surface area contributed by atoms with Crippen LogP contribution in [0.2, 0.25) is 0 Å². The number of hydrogen-bond acceptors (Lipinski definition) is 2. The zero-order chi connectivity index (χ0) is 9.68. The molecule has 0 spiro atoms. The molecule has 0 unspecified atom stereocenters. The van der Waals surface area contributed by atoms with Gasteiger partial charge in [-0.3, -0.25) is 0 Å². The van der Waals surface area contributed by atoms with Gasteiger partial charge in [-0.15, -0.1) is 11.8 Å². The topological polar surface area (TPSA) is 9.23 Å². The van der Waals surface area contributed by atoms with E-state index in [2.05, 4.69) is 32.0 Å². The van der Waals surface area contributed by atoms with E-state index >= 15 is 0 Å². The minimum atomic E-state index is 1.01. The average Bonchev–Trinajstić information content (AvgIpc) is 2.18. The summed E-state index contributed by atoms with van der Waals surface area (Å²) in [7, 11) is 1.73. The van der Waals surface area contributed by atoms with E-state index in [1.54, 1.807) is 7.11 Å². The highest BCUT2D eigenvalue weighted by atomic mass is 32.2. The van der Waals surface area contributed by atoms with Crippen molar-refractivity contribution in [3.63, 3.8) is 0 Å². The van der Waals surface area contributed by atoms with E-state index in [0.717, 1.165) is 17.9 Å². The molecule has 0 atom stereocenters. The van der Waals surface area contributed by atoms with Crippen molar-refractivity contribution in [3.05, 3.63) is 23.8 Å². The Kier molecular flexibility index (Phi) is 4.16. The van der Waals surface area contributed by atoms with Crippen LogP contribution in [0.1, 0.15) is 19.4 Å². The van der Waals surface area contributed by atoms with Gasteiger partial charge in [0.05, 0.1) is 7.11 Å². The molecule has 0 N–H and O–H groups in total. The zero-order valence-electron chi connectivity index (χ0n) is 8.46. The molecular formula is C11H16OS. The maximum Gasteiger partial charge on any atom is 0.123 e. The molecule has 1 aromatic rings. The summed E-state index contributed by atoms with van der Waals surface area (Å²) in [5.74, 6) is 2.12. The number of thioether (sulfide) groups is 1. The molecule has 1 rings (SSSR count). The maximum absolute atomic E-state index is 5.31. The van der Waals surface area contributed by atoms with Crippen LogP contribution in [0, 0.1) is 0 Å². The molecule has 0 aliphatic rings. The predicted molar refractivity (Wildman–Crippen MR) is 58.8 cm³/mol. The lowest BCUT2D eigenvalue weighted by Crippen LogP contribution is -1.90. The molecule has 0 fully saturated rings. The van der Waals surface area contributed by atoms with Crippen LogP contribution in [0.5, 0.6) is 5.75 Å². The van der Waals surface area contributed by atoms with Crippen LogP contribution in [-0.2, 0) is 6.42 Å². The number of methoxy groups -OCH3 is 1. The van der Waals surface area contributed by atoms with Gasteiger partial charge in [-0.1, -0.05) is 19.9 Å². The molecule has 0 amide bonds. The summed E-state index contributed by atoms with van der Waals surface area (Å²) in [6.07, 6.45) is 1.03. The molecule has 0 saturated heterocycles. The van der Waals surface area contributed by atoms with E-state index in [0.29, 0.717) is 0 Å². The first-order valence-electron chi connectivity index (χ1n) is 4.61. The van der Waals surface area contributed by atoms with E-state index in [4.69, 9.17) is 4.74 Å². The molecule has 0 aliphatic heterocycles. The Hall–Kier alpha value is -0.630. The van der Waals surface area contributed by atoms with E-state index in [9.17, 15) is 0 Å². The van der Waals surface area contributed by atoms with Crippen LogP contribution in [-0.4, -0.2) is 12.9 Å². The minimum Gasteiger partial charge on any atom is -0.496 e. The molecule has 0 radical (unpaired) electrons. The first-order valence-corrected chi connectivity index (χ1v) is 5.60. The fraction of sp³-hybridized carbons (Fsp3) is 0.455. The van der Waals surface area contributed by atoms with Crippen molar-refractivity contribution in [2.45, 2.75) is 25.2 Å². The Balaban J connectivity index is 2.91. The van der Waals surface area contributed by atoms with E-state index in [1.807, 2.05) is 11.8 Å². The first-order chi connectivity index (χ1) is 6.31. The van der Waals surface area contributed by atoms with Crippen LogP contribution in [0.15, 0.2) is 23.1 Å². The molecule has 1 aromatic carbocycles. The predicted octanol–water partition coefficient (Wildman–Crippen LogP) is 3.37. The Bertz CT molecular complexity index is 271. The molecule has 72 valence electrons. The van der Waals surface area contributed by atoms with Crippen molar-refractivity contribution in [1.29, 1.82) is 0 Å². The highest BCUT2D eigenvalue weighted by Gasteiger charge is 2.01. The first kappa shape index (κ1) is 10.5. The van der Waals surface area contributed by atoms with Crippen LogP contribution >= 0.6 is 11.8 Å². The molecule has 2 heteroatoms. The fourth-order valence-electron chi connectivity index (χ4n) is 1.27. The van der Waals surface area contributed by atoms with Gasteiger partial charge in [0.15, 0.2) is 0 Å². The molecule has 0 heterocycles. The number of ether oxygens (including phenoxy) is 1. The highest BCUT2D eigenvalue weighted by Crippen LogP contribution is 2.26. The lowest BCUT2D eigenvalue weighted by molar-refractivity contribution is 0.409. The summed E-state index contributed by atoms with van der Waals surface area (Å²) < 4.78 is 5.31. The monoisotopic (exact) mass is 196 g/mol. The summed E-state index contributed by atoms with van der Waals surface area (Å²) in [5.41, 5.74) is 1.28. The Morgan fingerprint density at radius 2 is 2.08 bits per heavy atom. The summed E-state index contributed by atoms with van der Waals surface area (Å²) in [6, 6.07) is 6.43. The van der Waals surface area contributed by atoms with Gasteiger partial charge in [-0.05, 0) is 29.9 Å². The SMILES string of the molecule is CCSc1ccc(CC)c(OC)c1. The van der Waals surface area contributed by atoms with Crippen LogP contribution in [0.25, 0.3) is 0 Å². The lowest BCUT2D eigenvalue weighted by Gasteiger charge is -2.08. The van der Waals surface area contributed by atoms with Crippen molar-refractivity contribution in [1.82, 2.24) is 0 Å². The Labute approximate surface area is 84.5 Å². The second kappa shape index (κ2) is 5.18. The lowest BCUT2D eigenvalue weighted by atomic mass is 10.1. The van der Waals surface area contributed by atoms with Gasteiger partial charge < -0.3 is 4.74 Å². The molecule has 0 aromatic heterocycles. The second-order valence-corrected chi connectivity index (χ2v) is 4.10. The summed E-state index contributed by atoms with van der Waals surface area (Å²) in [4.78, 5) is 1.29. The van der Waals surface area contributed by atoms with Gasteiger partial charge in [-0.2, -0.15) is 0 Å². The van der Waals surface area contributed by atoms with Gasteiger partial charge in [0.25, 0.3) is 0 Å². The van der Waals surface area contributed by atoms with Gasteiger partial charge in [0, 0.05) is 4.90 Å². The Morgan fingerprint density at radius 3 is 2.62 bits per heavy atom. The van der Waals surface area contributed by atoms with Crippen molar-refractivity contribution >= 4 is 11.8 Å². The zero-order valence-corrected chi connectivity index (χ0v) is 9.28. The number of aryl methyl sites for hydroxylation is 1. The normalized spacial score (nSPS) is 10.1. The van der Waals surface area contributed by atoms with Crippen LogP contribution in [0.4, 0.5) is 0 Å². The minimum absolute atomic E-state index is 1.01. The summed E-state index contributed by atoms with van der Waals surface area (Å²) in [6.45, 7) is 4.30. The van der Waals surface area contributed by atoms with Crippen molar-refractivity contribution in [2.24, 2.45) is 0 Å². The number of benzene rings is 1. The quantitative estimate of drug-likeness (QED) is 0.683. The van der Waals surface area contributed by atoms with Gasteiger partial charge >= 0.3 is 0 Å². The third-order valence-corrected chi connectivity index (χ3v) is 2.83. The molecular weight excluding hydrogens is 180 g/mol. The third-order valence-electron chi connectivity index (χ3n) is 1.95. The van der Waals surface area contributed by atoms with Gasteiger partial charge in [0.2, 0.25) is 0 Å². The van der Waals surface area contributed by atoms with Crippen molar-refractivity contribution in [3.8, 4) is 5.75 Å². The summed E-state index contributed by atoms with van der Waals surface area (Å²) in [5, 5.41) is 0. The second-order valence-electron chi connectivity index (χ2n) is 2.76. The largest absolute Gasteiger partial charge is 0.496 e. The molecule has 0 bridgehead atoms. The number of rotatable bonds is 4. The van der Waals surface area contributed by atoms with Gasteiger partial charge in [0.1, 0.15) is 5.75 Å². The Morgan fingerprint density at radius 1 is 1.31 bits per heavy atom. The fourth-order valence-corrected chi connectivity index (χ4v) is 1.96. The van der Waals surface area contributed by atoms with Crippen molar-refractivity contribution < 1.29 is 4.74 Å². The van der Waals surface area contributed by atoms with Gasteiger partial charge in [-0.25, -0.2) is 0 Å². The highest BCUT2D eigenvalue weighted by molar-refractivity contribution is 7.99. The molecule has 0 aliphatic carbocycles. The van der Waals surface area contributed by atoms with Crippen LogP contribution < -0.4 is 4.74 Å². The van der Waals surface area contributed by atoms with E-state index < -0.39 is 0 Å². The summed E-state index contributed by atoms with van der Waals surface area (Å²) >= 11 is 1.84. The molecule has 1 nitrogen and oxygen atoms in total. The molecule has 0 saturated carbocycles. The smallest absolute Gasteiger partial charge is 0.123 e. The average molecular weight is 196 g/mol. The maximum atomic E-state index is 5.31. The van der Waals surface area contributed by atoms with Crippen LogP contribution in [0.3, 0.4) is 0 Å². The third kappa shape index (κ3) is 2.66. The van der Waals surface area contributed by atoms with E-state index in [-0.39, 0.29) is 0 Å². The standard InChI is InChI=1S/C11H16OS/c1-4-9-6-7-10(13-5-2)8-11(9)12-3/h6-8H,4-5H2,1-3H3. The number of hydrogen-bond donors (Lipinski definition) is 0. The molecule has 13 heavy (non-hydrogen) atoms. The van der Waals surface area contributed by atoms with Crippen molar-refractivity contribution in [2.75, 3.05) is 12.9 Å². The van der Waals surface area contributed by atoms with E-state index in [1.165, 1.54) is 10.5 Å².